The summed E-state index contributed by atoms with van der Waals surface area (Å²) in [6.07, 6.45) is 4.50. The zero-order valence-corrected chi connectivity index (χ0v) is 19.2. The SMILES string of the molecule is c1cnc2c(CN3CCC[C@@H](N4CCN(Cc5ccc6c(c5)OCO6)CC4)C3)cccc2c1. The molecule has 33 heavy (non-hydrogen) atoms. The normalized spacial score (nSPS) is 22.1. The van der Waals surface area contributed by atoms with Crippen LogP contribution >= 0.6 is 0 Å². The van der Waals surface area contributed by atoms with E-state index >= 15 is 0 Å². The van der Waals surface area contributed by atoms with E-state index in [2.05, 4.69) is 56.1 Å². The largest absolute Gasteiger partial charge is 0.454 e. The quantitative estimate of drug-likeness (QED) is 0.597. The van der Waals surface area contributed by atoms with Crippen molar-refractivity contribution in [3.05, 3.63) is 65.9 Å². The number of piperidine rings is 1. The first-order valence-electron chi connectivity index (χ1n) is 12.2. The fourth-order valence-electron chi connectivity index (χ4n) is 5.59. The third-order valence-corrected chi connectivity index (χ3v) is 7.36. The van der Waals surface area contributed by atoms with Crippen molar-refractivity contribution in [3.8, 4) is 11.5 Å². The minimum Gasteiger partial charge on any atom is -0.454 e. The molecule has 1 atom stereocenters. The molecule has 3 aliphatic rings. The molecule has 1 aromatic heterocycles. The maximum atomic E-state index is 5.54. The third-order valence-electron chi connectivity index (χ3n) is 7.36. The van der Waals surface area contributed by atoms with Gasteiger partial charge in [-0.25, -0.2) is 0 Å². The molecule has 4 heterocycles. The Kier molecular flexibility index (Phi) is 5.89. The van der Waals surface area contributed by atoms with Gasteiger partial charge >= 0.3 is 0 Å². The summed E-state index contributed by atoms with van der Waals surface area (Å²) in [5.74, 6) is 1.75. The number of ether oxygens (including phenoxy) is 2. The second-order valence-electron chi connectivity index (χ2n) is 9.52. The predicted octanol–water partition coefficient (Wildman–Crippen LogP) is 3.75. The minimum absolute atomic E-state index is 0.340. The van der Waals surface area contributed by atoms with E-state index in [1.807, 2.05) is 18.3 Å². The van der Waals surface area contributed by atoms with Crippen molar-refractivity contribution >= 4 is 10.9 Å². The number of likely N-dealkylation sites (tertiary alicyclic amines) is 1. The van der Waals surface area contributed by atoms with E-state index in [4.69, 9.17) is 9.47 Å². The molecule has 172 valence electrons. The molecule has 2 saturated heterocycles. The molecule has 0 bridgehead atoms. The Hall–Kier alpha value is -2.67. The van der Waals surface area contributed by atoms with Gasteiger partial charge in [0, 0.05) is 63.4 Å². The van der Waals surface area contributed by atoms with E-state index in [0.717, 1.165) is 62.8 Å². The highest BCUT2D eigenvalue weighted by molar-refractivity contribution is 5.81. The monoisotopic (exact) mass is 444 g/mol. The Balaban J connectivity index is 1.04. The number of piperazine rings is 1. The van der Waals surface area contributed by atoms with E-state index in [0.29, 0.717) is 12.8 Å². The van der Waals surface area contributed by atoms with Gasteiger partial charge in [0.15, 0.2) is 11.5 Å². The van der Waals surface area contributed by atoms with Crippen LogP contribution in [-0.2, 0) is 13.1 Å². The average Bonchev–Trinajstić information content (AvgIpc) is 3.33. The Labute approximate surface area is 195 Å². The van der Waals surface area contributed by atoms with E-state index in [9.17, 15) is 0 Å². The predicted molar refractivity (Wildman–Crippen MR) is 129 cm³/mol. The molecule has 0 amide bonds. The second-order valence-corrected chi connectivity index (χ2v) is 9.52. The summed E-state index contributed by atoms with van der Waals surface area (Å²) < 4.78 is 11.0. The standard InChI is InChI=1S/C27H32N4O2/c1-4-22-6-2-10-28-27(22)23(5-1)18-30-11-3-7-24(19-30)31-14-12-29(13-15-31)17-21-8-9-25-26(16-21)33-20-32-25/h1-2,4-6,8-10,16,24H,3,7,11-15,17-20H2/t24-/m1/s1. The molecule has 3 aliphatic heterocycles. The number of rotatable bonds is 5. The number of para-hydroxylation sites is 1. The van der Waals surface area contributed by atoms with Gasteiger partial charge in [-0.3, -0.25) is 19.7 Å². The van der Waals surface area contributed by atoms with Crippen molar-refractivity contribution in [1.82, 2.24) is 19.7 Å². The molecule has 0 unspecified atom stereocenters. The molecule has 2 fully saturated rings. The molecule has 2 aromatic carbocycles. The van der Waals surface area contributed by atoms with Crippen LogP contribution in [0.3, 0.4) is 0 Å². The van der Waals surface area contributed by atoms with Gasteiger partial charge < -0.3 is 9.47 Å². The van der Waals surface area contributed by atoms with Crippen LogP contribution in [0, 0.1) is 0 Å². The number of hydrogen-bond acceptors (Lipinski definition) is 6. The van der Waals surface area contributed by atoms with Crippen LogP contribution in [0.5, 0.6) is 11.5 Å². The minimum atomic E-state index is 0.340. The van der Waals surface area contributed by atoms with E-state index in [-0.39, 0.29) is 0 Å². The molecule has 0 N–H and O–H groups in total. The molecule has 0 radical (unpaired) electrons. The number of pyridine rings is 1. The van der Waals surface area contributed by atoms with Crippen LogP contribution in [0.15, 0.2) is 54.7 Å². The Morgan fingerprint density at radius 2 is 1.73 bits per heavy atom. The van der Waals surface area contributed by atoms with Crippen molar-refractivity contribution in [2.45, 2.75) is 32.0 Å². The van der Waals surface area contributed by atoms with Gasteiger partial charge in [0.05, 0.1) is 5.52 Å². The lowest BCUT2D eigenvalue weighted by atomic mass is 10.0. The highest BCUT2D eigenvalue weighted by Crippen LogP contribution is 2.33. The number of fused-ring (bicyclic) bond motifs is 2. The molecule has 6 heteroatoms. The van der Waals surface area contributed by atoms with Crippen LogP contribution < -0.4 is 9.47 Å². The molecule has 6 nitrogen and oxygen atoms in total. The van der Waals surface area contributed by atoms with Crippen molar-refractivity contribution < 1.29 is 9.47 Å². The fourth-order valence-corrected chi connectivity index (χ4v) is 5.59. The highest BCUT2D eigenvalue weighted by Gasteiger charge is 2.28. The average molecular weight is 445 g/mol. The molecular formula is C27H32N4O2. The van der Waals surface area contributed by atoms with Crippen LogP contribution in [0.4, 0.5) is 0 Å². The number of nitrogens with zero attached hydrogens (tertiary/aromatic N) is 4. The highest BCUT2D eigenvalue weighted by atomic mass is 16.7. The smallest absolute Gasteiger partial charge is 0.231 e. The van der Waals surface area contributed by atoms with Gasteiger partial charge in [0.25, 0.3) is 0 Å². The van der Waals surface area contributed by atoms with Crippen molar-refractivity contribution in [3.63, 3.8) is 0 Å². The Bertz CT molecular complexity index is 1110. The summed E-state index contributed by atoms with van der Waals surface area (Å²) in [5.41, 5.74) is 3.81. The third kappa shape index (κ3) is 4.56. The lowest BCUT2D eigenvalue weighted by Crippen LogP contribution is -2.54. The molecule has 0 saturated carbocycles. The summed E-state index contributed by atoms with van der Waals surface area (Å²) in [6, 6.07) is 17.8. The van der Waals surface area contributed by atoms with Crippen LogP contribution in [0.25, 0.3) is 10.9 Å². The maximum absolute atomic E-state index is 5.54. The van der Waals surface area contributed by atoms with Gasteiger partial charge in [-0.15, -0.1) is 0 Å². The molecule has 3 aromatic rings. The molecule has 0 aliphatic carbocycles. The summed E-state index contributed by atoms with van der Waals surface area (Å²) in [5, 5.41) is 1.24. The molecule has 6 rings (SSSR count). The second kappa shape index (κ2) is 9.29. The van der Waals surface area contributed by atoms with Gasteiger partial charge in [0.1, 0.15) is 0 Å². The van der Waals surface area contributed by atoms with Crippen molar-refractivity contribution in [1.29, 1.82) is 0 Å². The lowest BCUT2D eigenvalue weighted by molar-refractivity contribution is 0.0478. The summed E-state index contributed by atoms with van der Waals surface area (Å²) >= 11 is 0. The van der Waals surface area contributed by atoms with Gasteiger partial charge in [0.2, 0.25) is 6.79 Å². The molecule has 0 spiro atoms. The van der Waals surface area contributed by atoms with E-state index in [1.54, 1.807) is 0 Å². The number of benzene rings is 2. The van der Waals surface area contributed by atoms with Crippen LogP contribution in [0.2, 0.25) is 0 Å². The van der Waals surface area contributed by atoms with E-state index < -0.39 is 0 Å². The zero-order valence-electron chi connectivity index (χ0n) is 19.2. The first kappa shape index (κ1) is 20.9. The van der Waals surface area contributed by atoms with Crippen molar-refractivity contribution in [2.75, 3.05) is 46.1 Å². The Morgan fingerprint density at radius 3 is 2.67 bits per heavy atom. The van der Waals surface area contributed by atoms with Gasteiger partial charge in [-0.1, -0.05) is 30.3 Å². The van der Waals surface area contributed by atoms with Gasteiger partial charge in [-0.2, -0.15) is 0 Å². The first-order chi connectivity index (χ1) is 16.3. The lowest BCUT2D eigenvalue weighted by Gasteiger charge is -2.43. The van der Waals surface area contributed by atoms with Crippen molar-refractivity contribution in [2.24, 2.45) is 0 Å². The number of hydrogen-bond donors (Lipinski definition) is 0. The summed E-state index contributed by atoms with van der Waals surface area (Å²) in [6.45, 7) is 9.21. The number of aromatic nitrogens is 1. The first-order valence-corrected chi connectivity index (χ1v) is 12.2. The topological polar surface area (TPSA) is 41.1 Å². The van der Waals surface area contributed by atoms with Crippen LogP contribution in [0.1, 0.15) is 24.0 Å². The maximum Gasteiger partial charge on any atom is 0.231 e. The van der Waals surface area contributed by atoms with Crippen LogP contribution in [-0.4, -0.2) is 71.8 Å². The Morgan fingerprint density at radius 1 is 0.848 bits per heavy atom. The summed E-state index contributed by atoms with van der Waals surface area (Å²) in [7, 11) is 0. The molecular weight excluding hydrogens is 412 g/mol. The fraction of sp³-hybridized carbons (Fsp3) is 0.444. The zero-order chi connectivity index (χ0) is 22.0. The van der Waals surface area contributed by atoms with E-state index in [1.165, 1.54) is 35.9 Å². The van der Waals surface area contributed by atoms with Gasteiger partial charge in [-0.05, 0) is 48.7 Å². The summed E-state index contributed by atoms with van der Waals surface area (Å²) in [4.78, 5) is 12.6.